The molecule has 1 rings (SSSR count). The average molecular weight is 180 g/mol. The first-order chi connectivity index (χ1) is 6.15. The predicted octanol–water partition coefficient (Wildman–Crippen LogP) is 3.85. The SMILES string of the molecule is CCC(c1ccc(C)cc1)C(C)F. The molecule has 72 valence electrons. The molecule has 1 heteroatoms. The zero-order chi connectivity index (χ0) is 9.84. The van der Waals surface area contributed by atoms with E-state index in [1.807, 2.05) is 38.1 Å². The first kappa shape index (κ1) is 10.2. The summed E-state index contributed by atoms with van der Waals surface area (Å²) < 4.78 is 13.2. The largest absolute Gasteiger partial charge is 0.247 e. The number of hydrogen-bond acceptors (Lipinski definition) is 0. The Hall–Kier alpha value is -0.850. The van der Waals surface area contributed by atoms with E-state index >= 15 is 0 Å². The molecule has 0 bridgehead atoms. The summed E-state index contributed by atoms with van der Waals surface area (Å²) in [7, 11) is 0. The molecule has 0 aliphatic heterocycles. The lowest BCUT2D eigenvalue weighted by Crippen LogP contribution is -2.08. The quantitative estimate of drug-likeness (QED) is 0.662. The molecule has 0 aliphatic rings. The first-order valence-corrected chi connectivity index (χ1v) is 4.85. The van der Waals surface area contributed by atoms with Crippen molar-refractivity contribution in [3.05, 3.63) is 35.4 Å². The second-order valence-electron chi connectivity index (χ2n) is 3.60. The fraction of sp³-hybridized carbons (Fsp3) is 0.500. The lowest BCUT2D eigenvalue weighted by Gasteiger charge is -2.16. The normalized spacial score (nSPS) is 15.4. The Balaban J connectivity index is 2.86. The second kappa shape index (κ2) is 4.40. The number of alkyl halides is 1. The topological polar surface area (TPSA) is 0 Å². The number of aryl methyl sites for hydroxylation is 1. The summed E-state index contributed by atoms with van der Waals surface area (Å²) in [5.74, 6) is 0.0561. The predicted molar refractivity (Wildman–Crippen MR) is 54.8 cm³/mol. The van der Waals surface area contributed by atoms with E-state index in [0.717, 1.165) is 12.0 Å². The van der Waals surface area contributed by atoms with E-state index in [2.05, 4.69) is 0 Å². The minimum Gasteiger partial charge on any atom is -0.247 e. The smallest absolute Gasteiger partial charge is 0.104 e. The van der Waals surface area contributed by atoms with Gasteiger partial charge >= 0.3 is 0 Å². The van der Waals surface area contributed by atoms with Gasteiger partial charge in [-0.2, -0.15) is 0 Å². The van der Waals surface area contributed by atoms with Crippen LogP contribution in [0.4, 0.5) is 4.39 Å². The third kappa shape index (κ3) is 2.55. The van der Waals surface area contributed by atoms with Crippen molar-refractivity contribution in [3.63, 3.8) is 0 Å². The first-order valence-electron chi connectivity index (χ1n) is 4.85. The Bertz CT molecular complexity index is 248. The van der Waals surface area contributed by atoms with E-state index in [4.69, 9.17) is 0 Å². The zero-order valence-corrected chi connectivity index (χ0v) is 8.55. The fourth-order valence-electron chi connectivity index (χ4n) is 1.64. The molecule has 1 aromatic rings. The maximum absolute atomic E-state index is 13.2. The van der Waals surface area contributed by atoms with Crippen molar-refractivity contribution in [2.24, 2.45) is 0 Å². The van der Waals surface area contributed by atoms with Gasteiger partial charge in [-0.25, -0.2) is 4.39 Å². The van der Waals surface area contributed by atoms with Gasteiger partial charge in [0.25, 0.3) is 0 Å². The van der Waals surface area contributed by atoms with Gasteiger partial charge in [-0.15, -0.1) is 0 Å². The van der Waals surface area contributed by atoms with Gasteiger partial charge in [-0.05, 0) is 25.8 Å². The molecule has 0 heterocycles. The molecule has 0 saturated carbocycles. The summed E-state index contributed by atoms with van der Waals surface area (Å²) >= 11 is 0. The molecule has 0 nitrogen and oxygen atoms in total. The molecule has 2 unspecified atom stereocenters. The Kier molecular flexibility index (Phi) is 3.47. The Morgan fingerprint density at radius 1 is 1.23 bits per heavy atom. The van der Waals surface area contributed by atoms with E-state index in [9.17, 15) is 4.39 Å². The Labute approximate surface area is 79.8 Å². The van der Waals surface area contributed by atoms with Crippen LogP contribution in [0.2, 0.25) is 0 Å². The number of benzene rings is 1. The highest BCUT2D eigenvalue weighted by molar-refractivity contribution is 5.25. The minimum atomic E-state index is -0.757. The zero-order valence-electron chi connectivity index (χ0n) is 8.55. The molecule has 0 saturated heterocycles. The van der Waals surface area contributed by atoms with Crippen LogP contribution in [-0.2, 0) is 0 Å². The highest BCUT2D eigenvalue weighted by Crippen LogP contribution is 2.25. The monoisotopic (exact) mass is 180 g/mol. The standard InChI is InChI=1S/C12H17F/c1-4-12(10(3)13)11-7-5-9(2)6-8-11/h5-8,10,12H,4H2,1-3H3. The number of hydrogen-bond donors (Lipinski definition) is 0. The van der Waals surface area contributed by atoms with Crippen LogP contribution in [0, 0.1) is 6.92 Å². The van der Waals surface area contributed by atoms with Crippen molar-refractivity contribution in [1.29, 1.82) is 0 Å². The maximum Gasteiger partial charge on any atom is 0.104 e. The van der Waals surface area contributed by atoms with E-state index in [1.165, 1.54) is 5.56 Å². The van der Waals surface area contributed by atoms with Crippen LogP contribution < -0.4 is 0 Å². The Morgan fingerprint density at radius 3 is 2.15 bits per heavy atom. The van der Waals surface area contributed by atoms with Crippen molar-refractivity contribution in [1.82, 2.24) is 0 Å². The van der Waals surface area contributed by atoms with Gasteiger partial charge in [0, 0.05) is 5.92 Å². The van der Waals surface area contributed by atoms with E-state index in [0.29, 0.717) is 0 Å². The van der Waals surface area contributed by atoms with E-state index < -0.39 is 6.17 Å². The van der Waals surface area contributed by atoms with Crippen LogP contribution in [0.5, 0.6) is 0 Å². The van der Waals surface area contributed by atoms with Crippen molar-refractivity contribution < 1.29 is 4.39 Å². The summed E-state index contributed by atoms with van der Waals surface area (Å²) in [6.45, 7) is 5.71. The summed E-state index contributed by atoms with van der Waals surface area (Å²) in [4.78, 5) is 0. The molecular weight excluding hydrogens is 163 g/mol. The fourth-order valence-corrected chi connectivity index (χ4v) is 1.64. The van der Waals surface area contributed by atoms with Crippen molar-refractivity contribution in [3.8, 4) is 0 Å². The summed E-state index contributed by atoms with van der Waals surface area (Å²) in [6, 6.07) is 8.14. The molecule has 0 aromatic heterocycles. The Morgan fingerprint density at radius 2 is 1.77 bits per heavy atom. The molecule has 1 aromatic carbocycles. The van der Waals surface area contributed by atoms with E-state index in [-0.39, 0.29) is 5.92 Å². The van der Waals surface area contributed by atoms with Gasteiger partial charge in [0.2, 0.25) is 0 Å². The van der Waals surface area contributed by atoms with Crippen LogP contribution >= 0.6 is 0 Å². The molecule has 0 aliphatic carbocycles. The highest BCUT2D eigenvalue weighted by atomic mass is 19.1. The van der Waals surface area contributed by atoms with Gasteiger partial charge in [-0.1, -0.05) is 36.8 Å². The van der Waals surface area contributed by atoms with E-state index in [1.54, 1.807) is 6.92 Å². The van der Waals surface area contributed by atoms with Gasteiger partial charge < -0.3 is 0 Å². The summed E-state index contributed by atoms with van der Waals surface area (Å²) in [6.07, 6.45) is 0.105. The highest BCUT2D eigenvalue weighted by Gasteiger charge is 2.15. The van der Waals surface area contributed by atoms with Gasteiger partial charge in [0.05, 0.1) is 0 Å². The lowest BCUT2D eigenvalue weighted by atomic mass is 9.92. The van der Waals surface area contributed by atoms with Crippen LogP contribution in [0.3, 0.4) is 0 Å². The van der Waals surface area contributed by atoms with Crippen LogP contribution in [-0.4, -0.2) is 6.17 Å². The maximum atomic E-state index is 13.2. The van der Waals surface area contributed by atoms with Crippen LogP contribution in [0.15, 0.2) is 24.3 Å². The molecular formula is C12H17F. The second-order valence-corrected chi connectivity index (χ2v) is 3.60. The molecule has 0 radical (unpaired) electrons. The average Bonchev–Trinajstić information content (AvgIpc) is 2.09. The van der Waals surface area contributed by atoms with Gasteiger partial charge in [0.1, 0.15) is 6.17 Å². The molecule has 2 atom stereocenters. The molecule has 0 N–H and O–H groups in total. The molecule has 0 fully saturated rings. The molecule has 13 heavy (non-hydrogen) atoms. The van der Waals surface area contributed by atoms with Crippen molar-refractivity contribution in [2.45, 2.75) is 39.3 Å². The third-order valence-electron chi connectivity index (χ3n) is 2.50. The summed E-state index contributed by atoms with van der Waals surface area (Å²) in [5.41, 5.74) is 2.34. The van der Waals surface area contributed by atoms with Gasteiger partial charge in [-0.3, -0.25) is 0 Å². The minimum absolute atomic E-state index is 0.0561. The van der Waals surface area contributed by atoms with Crippen molar-refractivity contribution >= 4 is 0 Å². The van der Waals surface area contributed by atoms with Gasteiger partial charge in [0.15, 0.2) is 0 Å². The number of rotatable bonds is 3. The van der Waals surface area contributed by atoms with Crippen LogP contribution in [0.1, 0.15) is 37.3 Å². The summed E-state index contributed by atoms with van der Waals surface area (Å²) in [5, 5.41) is 0. The third-order valence-corrected chi connectivity index (χ3v) is 2.50. The molecule has 0 spiro atoms. The molecule has 0 amide bonds. The van der Waals surface area contributed by atoms with Crippen molar-refractivity contribution in [2.75, 3.05) is 0 Å². The lowest BCUT2D eigenvalue weighted by molar-refractivity contribution is 0.300. The number of halogens is 1. The van der Waals surface area contributed by atoms with Crippen LogP contribution in [0.25, 0.3) is 0 Å².